The van der Waals surface area contributed by atoms with Crippen LogP contribution in [0.2, 0.25) is 0 Å². The first-order valence-electron chi connectivity index (χ1n) is 7.12. The molecule has 0 fully saturated rings. The van der Waals surface area contributed by atoms with Crippen LogP contribution in [-0.2, 0) is 13.1 Å². The van der Waals surface area contributed by atoms with Crippen LogP contribution in [0.25, 0.3) is 0 Å². The molecule has 0 saturated heterocycles. The average molecular weight is 251 g/mol. The van der Waals surface area contributed by atoms with Crippen LogP contribution in [0, 0.1) is 0 Å². The molecule has 0 saturated carbocycles. The Kier molecular flexibility index (Phi) is 5.13. The number of hydrogen-bond donors (Lipinski definition) is 1. The summed E-state index contributed by atoms with van der Waals surface area (Å²) < 4.78 is 2.15. The van der Waals surface area contributed by atoms with E-state index < -0.39 is 0 Å². The molecule has 1 N–H and O–H groups in total. The molecule has 18 heavy (non-hydrogen) atoms. The van der Waals surface area contributed by atoms with Gasteiger partial charge in [0.2, 0.25) is 0 Å². The van der Waals surface area contributed by atoms with Crippen molar-refractivity contribution in [2.24, 2.45) is 0 Å². The first-order valence-corrected chi connectivity index (χ1v) is 7.12. The third-order valence-corrected chi connectivity index (χ3v) is 3.57. The monoisotopic (exact) mass is 251 g/mol. The summed E-state index contributed by atoms with van der Waals surface area (Å²) in [6.07, 6.45) is 5.56. The molecule has 102 valence electrons. The Balaban J connectivity index is 1.63. The largest absolute Gasteiger partial charge is 0.315 e. The van der Waals surface area contributed by atoms with Gasteiger partial charge in [-0.1, -0.05) is 6.92 Å². The maximum atomic E-state index is 4.15. The summed E-state index contributed by atoms with van der Waals surface area (Å²) in [5, 5.41) is 11.6. The maximum absolute atomic E-state index is 4.15. The van der Waals surface area contributed by atoms with E-state index in [0.29, 0.717) is 6.04 Å². The molecule has 0 radical (unpaired) electrons. The van der Waals surface area contributed by atoms with Crippen LogP contribution in [0.3, 0.4) is 0 Å². The van der Waals surface area contributed by atoms with Crippen LogP contribution >= 0.6 is 0 Å². The van der Waals surface area contributed by atoms with Crippen LogP contribution < -0.4 is 5.32 Å². The van der Waals surface area contributed by atoms with E-state index >= 15 is 0 Å². The van der Waals surface area contributed by atoms with Crippen molar-refractivity contribution in [2.75, 3.05) is 19.6 Å². The highest BCUT2D eigenvalue weighted by Crippen LogP contribution is 2.10. The molecule has 1 aromatic heterocycles. The molecule has 1 atom stereocenters. The van der Waals surface area contributed by atoms with Crippen molar-refractivity contribution in [1.29, 1.82) is 0 Å². The predicted molar refractivity (Wildman–Crippen MR) is 72.3 cm³/mol. The fourth-order valence-electron chi connectivity index (χ4n) is 2.42. The molecule has 0 amide bonds. The topological polar surface area (TPSA) is 46.0 Å². The van der Waals surface area contributed by atoms with Crippen molar-refractivity contribution in [3.8, 4) is 0 Å². The third-order valence-electron chi connectivity index (χ3n) is 3.57. The van der Waals surface area contributed by atoms with Crippen molar-refractivity contribution >= 4 is 0 Å². The molecule has 5 heteroatoms. The highest BCUT2D eigenvalue weighted by Gasteiger charge is 2.16. The van der Waals surface area contributed by atoms with Crippen molar-refractivity contribution in [1.82, 2.24) is 25.0 Å². The number of nitrogens with zero attached hydrogens (tertiary/aromatic N) is 4. The van der Waals surface area contributed by atoms with Gasteiger partial charge in [-0.25, -0.2) is 0 Å². The first kappa shape index (κ1) is 13.5. The zero-order chi connectivity index (χ0) is 12.8. The van der Waals surface area contributed by atoms with Crippen molar-refractivity contribution < 1.29 is 0 Å². The van der Waals surface area contributed by atoms with Crippen LogP contribution in [-0.4, -0.2) is 45.3 Å². The van der Waals surface area contributed by atoms with Crippen molar-refractivity contribution in [3.05, 3.63) is 12.2 Å². The van der Waals surface area contributed by atoms with E-state index in [4.69, 9.17) is 0 Å². The second-order valence-electron chi connectivity index (χ2n) is 5.21. The van der Waals surface area contributed by atoms with E-state index in [0.717, 1.165) is 32.0 Å². The molecule has 0 aliphatic carbocycles. The minimum absolute atomic E-state index is 0.637. The van der Waals surface area contributed by atoms with E-state index in [1.54, 1.807) is 0 Å². The van der Waals surface area contributed by atoms with Gasteiger partial charge in [-0.3, -0.25) is 4.90 Å². The lowest BCUT2D eigenvalue weighted by Crippen LogP contribution is -2.35. The molecule has 5 nitrogen and oxygen atoms in total. The summed E-state index contributed by atoms with van der Waals surface area (Å²) in [4.78, 5) is 2.48. The molecular formula is C13H25N5. The van der Waals surface area contributed by atoms with Gasteiger partial charge >= 0.3 is 0 Å². The fraction of sp³-hybridized carbons (Fsp3) is 0.846. The maximum Gasteiger partial charge on any atom is 0.147 e. The van der Waals surface area contributed by atoms with Gasteiger partial charge in [0.15, 0.2) is 0 Å². The Morgan fingerprint density at radius 2 is 2.33 bits per heavy atom. The molecule has 2 heterocycles. The Morgan fingerprint density at radius 1 is 1.44 bits per heavy atom. The highest BCUT2D eigenvalue weighted by atomic mass is 15.3. The van der Waals surface area contributed by atoms with E-state index in [1.807, 2.05) is 6.33 Å². The van der Waals surface area contributed by atoms with E-state index in [9.17, 15) is 0 Å². The molecular weight excluding hydrogens is 226 g/mol. The quantitative estimate of drug-likeness (QED) is 0.792. The van der Waals surface area contributed by atoms with Gasteiger partial charge < -0.3 is 9.88 Å². The van der Waals surface area contributed by atoms with Gasteiger partial charge in [-0.2, -0.15) is 0 Å². The second kappa shape index (κ2) is 6.85. The van der Waals surface area contributed by atoms with Gasteiger partial charge in [-0.05, 0) is 39.3 Å². The normalized spacial score (nSPS) is 17.7. The summed E-state index contributed by atoms with van der Waals surface area (Å²) >= 11 is 0. The smallest absolute Gasteiger partial charge is 0.147 e. The van der Waals surface area contributed by atoms with Crippen LogP contribution in [0.4, 0.5) is 0 Å². The van der Waals surface area contributed by atoms with Gasteiger partial charge in [0.05, 0.1) is 6.54 Å². The zero-order valence-corrected chi connectivity index (χ0v) is 11.6. The van der Waals surface area contributed by atoms with Gasteiger partial charge in [0, 0.05) is 19.1 Å². The number of aromatic nitrogens is 3. The highest BCUT2D eigenvalue weighted by molar-refractivity contribution is 4.89. The van der Waals surface area contributed by atoms with Crippen molar-refractivity contribution in [2.45, 2.75) is 52.2 Å². The minimum atomic E-state index is 0.637. The Morgan fingerprint density at radius 3 is 3.17 bits per heavy atom. The standard InChI is InChI=1S/C13H25N5/c1-3-6-14-12(2)5-4-7-17-8-9-18-11-15-16-13(18)10-17/h11-12,14H,3-10H2,1-2H3. The van der Waals surface area contributed by atoms with Gasteiger partial charge in [-0.15, -0.1) is 10.2 Å². The lowest BCUT2D eigenvalue weighted by atomic mass is 10.1. The summed E-state index contributed by atoms with van der Waals surface area (Å²) in [6, 6.07) is 0.637. The molecule has 0 spiro atoms. The molecule has 0 bridgehead atoms. The van der Waals surface area contributed by atoms with E-state index in [1.165, 1.54) is 25.8 Å². The fourth-order valence-corrected chi connectivity index (χ4v) is 2.42. The Bertz CT molecular complexity index is 349. The Hall–Kier alpha value is -0.940. The lowest BCUT2D eigenvalue weighted by molar-refractivity contribution is 0.210. The van der Waals surface area contributed by atoms with Crippen LogP contribution in [0.5, 0.6) is 0 Å². The SMILES string of the molecule is CCCNC(C)CCCN1CCn2cnnc2C1. The second-order valence-corrected chi connectivity index (χ2v) is 5.21. The molecule has 1 aliphatic heterocycles. The number of rotatable bonds is 7. The van der Waals surface area contributed by atoms with E-state index in [2.05, 4.69) is 38.8 Å². The number of nitrogens with one attached hydrogen (secondary N) is 1. The molecule has 0 aromatic carbocycles. The minimum Gasteiger partial charge on any atom is -0.315 e. The summed E-state index contributed by atoms with van der Waals surface area (Å²) in [5.41, 5.74) is 0. The predicted octanol–water partition coefficient (Wildman–Crippen LogP) is 1.26. The lowest BCUT2D eigenvalue weighted by Gasteiger charge is -2.27. The third kappa shape index (κ3) is 3.78. The molecule has 1 aliphatic rings. The summed E-state index contributed by atoms with van der Waals surface area (Å²) in [6.45, 7) is 9.91. The number of fused-ring (bicyclic) bond motifs is 1. The van der Waals surface area contributed by atoms with Crippen molar-refractivity contribution in [3.63, 3.8) is 0 Å². The number of hydrogen-bond acceptors (Lipinski definition) is 4. The summed E-state index contributed by atoms with van der Waals surface area (Å²) in [7, 11) is 0. The molecule has 1 aromatic rings. The zero-order valence-electron chi connectivity index (χ0n) is 11.6. The van der Waals surface area contributed by atoms with E-state index in [-0.39, 0.29) is 0 Å². The Labute approximate surface area is 110 Å². The average Bonchev–Trinajstić information content (AvgIpc) is 2.83. The van der Waals surface area contributed by atoms with Crippen LogP contribution in [0.1, 0.15) is 38.9 Å². The first-order chi connectivity index (χ1) is 8.79. The molecule has 2 rings (SSSR count). The summed E-state index contributed by atoms with van der Waals surface area (Å²) in [5.74, 6) is 1.11. The van der Waals surface area contributed by atoms with Crippen LogP contribution in [0.15, 0.2) is 6.33 Å². The van der Waals surface area contributed by atoms with Gasteiger partial charge in [0.1, 0.15) is 12.2 Å². The molecule has 1 unspecified atom stereocenters. The van der Waals surface area contributed by atoms with Gasteiger partial charge in [0.25, 0.3) is 0 Å².